The van der Waals surface area contributed by atoms with Crippen LogP contribution in [-0.2, 0) is 9.53 Å². The van der Waals surface area contributed by atoms with E-state index in [1.54, 1.807) is 0 Å². The number of hydrogen-bond acceptors (Lipinski definition) is 2. The van der Waals surface area contributed by atoms with Crippen molar-refractivity contribution >= 4 is 30.4 Å². The van der Waals surface area contributed by atoms with Crippen LogP contribution in [0.3, 0.4) is 0 Å². The van der Waals surface area contributed by atoms with E-state index in [-0.39, 0.29) is 30.4 Å². The van der Waals surface area contributed by atoms with Crippen molar-refractivity contribution in [1.29, 1.82) is 0 Å². The van der Waals surface area contributed by atoms with Crippen molar-refractivity contribution in [2.45, 2.75) is 39.5 Å². The van der Waals surface area contributed by atoms with E-state index in [1.165, 1.54) is 0 Å². The van der Waals surface area contributed by atoms with Crippen LogP contribution in [-0.4, -0.2) is 37.0 Å². The molecule has 0 aliphatic heterocycles. The van der Waals surface area contributed by atoms with Crippen LogP contribution in [0.4, 0.5) is 0 Å². The fraction of sp³-hybridized carbons (Fsp3) is 0.875. The smallest absolute Gasteiger partial charge is 0.305 e. The molecule has 0 amide bonds. The molecule has 3 heteroatoms. The molecule has 0 aromatic heterocycles. The number of carbonyl (C=O) groups excluding carboxylic acids is 1. The molecule has 2 nitrogen and oxygen atoms in total. The molecule has 0 unspecified atom stereocenters. The van der Waals surface area contributed by atoms with Crippen molar-refractivity contribution in [2.24, 2.45) is 0 Å². The Morgan fingerprint density at radius 1 is 1.27 bits per heavy atom. The van der Waals surface area contributed by atoms with Crippen molar-refractivity contribution in [3.05, 3.63) is 0 Å². The molecule has 0 atom stereocenters. The van der Waals surface area contributed by atoms with Gasteiger partial charge in [0.1, 0.15) is 0 Å². The summed E-state index contributed by atoms with van der Waals surface area (Å²) < 4.78 is 4.75. The van der Waals surface area contributed by atoms with E-state index in [4.69, 9.17) is 4.74 Å². The summed E-state index contributed by atoms with van der Waals surface area (Å²) in [7, 11) is 0. The van der Waals surface area contributed by atoms with Crippen LogP contribution in [0.25, 0.3) is 0 Å². The molecular formula is C8H16O2Sb. The largest absolute Gasteiger partial charge is 0.466 e. The van der Waals surface area contributed by atoms with Crippen molar-refractivity contribution in [3.8, 4) is 0 Å². The molecule has 0 N–H and O–H groups in total. The maximum absolute atomic E-state index is 10.7. The predicted molar refractivity (Wildman–Crippen MR) is 46.5 cm³/mol. The molecule has 0 rings (SSSR count). The van der Waals surface area contributed by atoms with Gasteiger partial charge in [0.25, 0.3) is 0 Å². The Morgan fingerprint density at radius 2 is 1.91 bits per heavy atom. The molecule has 0 aromatic carbocycles. The minimum absolute atomic E-state index is 0. The van der Waals surface area contributed by atoms with Crippen LogP contribution >= 0.6 is 0 Å². The molecule has 0 aromatic rings. The average molecular weight is 266 g/mol. The van der Waals surface area contributed by atoms with Gasteiger partial charge in [-0.3, -0.25) is 4.79 Å². The Kier molecular flexibility index (Phi) is 13.0. The van der Waals surface area contributed by atoms with Crippen LogP contribution in [0.15, 0.2) is 0 Å². The van der Waals surface area contributed by atoms with Gasteiger partial charge in [-0.25, -0.2) is 0 Å². The molecule has 0 spiro atoms. The zero-order valence-electron chi connectivity index (χ0n) is 7.30. The molecule has 11 heavy (non-hydrogen) atoms. The first-order chi connectivity index (χ1) is 4.81. The second kappa shape index (κ2) is 10.3. The Morgan fingerprint density at radius 3 is 2.36 bits per heavy atom. The molecule has 3 radical (unpaired) electrons. The summed E-state index contributed by atoms with van der Waals surface area (Å²) in [6.45, 7) is 4.45. The maximum atomic E-state index is 10.7. The number of ether oxygens (including phenoxy) is 1. The number of esters is 1. The van der Waals surface area contributed by atoms with Crippen molar-refractivity contribution in [3.63, 3.8) is 0 Å². The van der Waals surface area contributed by atoms with Gasteiger partial charge in [0, 0.05) is 30.8 Å². The molecule has 0 heterocycles. The van der Waals surface area contributed by atoms with E-state index in [2.05, 4.69) is 6.92 Å². The van der Waals surface area contributed by atoms with Gasteiger partial charge in [-0.15, -0.1) is 0 Å². The summed E-state index contributed by atoms with van der Waals surface area (Å²) >= 11 is 0. The minimum atomic E-state index is -0.0593. The van der Waals surface area contributed by atoms with Gasteiger partial charge in [0.15, 0.2) is 0 Å². The zero-order chi connectivity index (χ0) is 7.82. The van der Waals surface area contributed by atoms with Gasteiger partial charge in [-0.2, -0.15) is 0 Å². The predicted octanol–water partition coefficient (Wildman–Crippen LogP) is 1.75. The number of rotatable bonds is 5. The minimum Gasteiger partial charge on any atom is -0.466 e. The fourth-order valence-corrected chi connectivity index (χ4v) is 0.752. The van der Waals surface area contributed by atoms with Gasteiger partial charge in [-0.1, -0.05) is 19.8 Å². The first kappa shape index (κ1) is 13.8. The first-order valence-corrected chi connectivity index (χ1v) is 3.96. The van der Waals surface area contributed by atoms with E-state index in [0.717, 1.165) is 19.3 Å². The topological polar surface area (TPSA) is 26.3 Å². The fourth-order valence-electron chi connectivity index (χ4n) is 0.752. The second-order valence-corrected chi connectivity index (χ2v) is 2.26. The van der Waals surface area contributed by atoms with Gasteiger partial charge in [0.05, 0.1) is 6.61 Å². The van der Waals surface area contributed by atoms with E-state index in [9.17, 15) is 4.79 Å². The molecular weight excluding hydrogens is 250 g/mol. The van der Waals surface area contributed by atoms with Crippen LogP contribution in [0, 0.1) is 0 Å². The Bertz CT molecular complexity index is 94.1. The number of carbonyl (C=O) groups is 1. The Labute approximate surface area is 86.1 Å². The molecule has 0 aliphatic rings. The van der Waals surface area contributed by atoms with E-state index < -0.39 is 0 Å². The van der Waals surface area contributed by atoms with Gasteiger partial charge in [-0.05, 0) is 13.3 Å². The third-order valence-electron chi connectivity index (χ3n) is 1.29. The molecule has 65 valence electrons. The van der Waals surface area contributed by atoms with Crippen LogP contribution < -0.4 is 0 Å². The normalized spacial score (nSPS) is 8.55. The van der Waals surface area contributed by atoms with Crippen molar-refractivity contribution < 1.29 is 9.53 Å². The molecule has 0 saturated heterocycles. The molecule has 0 fully saturated rings. The number of hydrogen-bond donors (Lipinski definition) is 0. The van der Waals surface area contributed by atoms with E-state index in [0.29, 0.717) is 13.0 Å². The van der Waals surface area contributed by atoms with Crippen LogP contribution in [0.2, 0.25) is 0 Å². The molecule has 0 saturated carbocycles. The van der Waals surface area contributed by atoms with Crippen molar-refractivity contribution in [1.82, 2.24) is 0 Å². The zero-order valence-corrected chi connectivity index (χ0v) is 9.85. The van der Waals surface area contributed by atoms with Crippen LogP contribution in [0.5, 0.6) is 0 Å². The third kappa shape index (κ3) is 10.3. The summed E-state index contributed by atoms with van der Waals surface area (Å²) in [5.74, 6) is -0.0593. The summed E-state index contributed by atoms with van der Waals surface area (Å²) in [6, 6.07) is 0. The SMILES string of the molecule is CCCCCC(=O)OCC.[Sb]. The third-order valence-corrected chi connectivity index (χ3v) is 1.29. The Hall–Kier alpha value is 0.288. The Balaban J connectivity index is 0. The maximum Gasteiger partial charge on any atom is 0.305 e. The summed E-state index contributed by atoms with van der Waals surface area (Å²) in [6.07, 6.45) is 3.83. The standard InChI is InChI=1S/C8H16O2.Sb/c1-3-5-6-7-8(9)10-4-2;/h3-7H2,1-2H3;. The summed E-state index contributed by atoms with van der Waals surface area (Å²) in [4.78, 5) is 10.7. The quantitative estimate of drug-likeness (QED) is 0.430. The molecule has 0 aliphatic carbocycles. The van der Waals surface area contributed by atoms with Crippen molar-refractivity contribution in [2.75, 3.05) is 6.61 Å². The van der Waals surface area contributed by atoms with E-state index >= 15 is 0 Å². The van der Waals surface area contributed by atoms with Crippen LogP contribution in [0.1, 0.15) is 39.5 Å². The summed E-state index contributed by atoms with van der Waals surface area (Å²) in [5, 5.41) is 0. The number of unbranched alkanes of at least 4 members (excludes halogenated alkanes) is 2. The second-order valence-electron chi connectivity index (χ2n) is 2.26. The van der Waals surface area contributed by atoms with Gasteiger partial charge in [0.2, 0.25) is 0 Å². The molecule has 0 bridgehead atoms. The van der Waals surface area contributed by atoms with E-state index in [1.807, 2.05) is 6.92 Å². The summed E-state index contributed by atoms with van der Waals surface area (Å²) in [5.41, 5.74) is 0. The monoisotopic (exact) mass is 265 g/mol. The first-order valence-electron chi connectivity index (χ1n) is 3.96. The van der Waals surface area contributed by atoms with Gasteiger partial charge >= 0.3 is 5.97 Å². The van der Waals surface area contributed by atoms with Gasteiger partial charge < -0.3 is 4.74 Å². The average Bonchev–Trinajstić information content (AvgIpc) is 1.89.